The van der Waals surface area contributed by atoms with Crippen LogP contribution < -0.4 is 0 Å². The molecule has 1 aliphatic heterocycles. The first kappa shape index (κ1) is 17.7. The maximum absolute atomic E-state index is 12.0. The molecule has 0 radical (unpaired) electrons. The number of nitrogens with zero attached hydrogens (tertiary/aromatic N) is 3. The number of allylic oxidation sites excluding steroid dienone is 1. The lowest BCUT2D eigenvalue weighted by Crippen LogP contribution is -2.29. The summed E-state index contributed by atoms with van der Waals surface area (Å²) < 4.78 is 27.1. The summed E-state index contributed by atoms with van der Waals surface area (Å²) in [5.74, 6) is 0. The normalized spacial score (nSPS) is 15.1. The molecule has 25 heavy (non-hydrogen) atoms. The Morgan fingerprint density at radius 1 is 1.44 bits per heavy atom. The highest BCUT2D eigenvalue weighted by atomic mass is 35.5. The summed E-state index contributed by atoms with van der Waals surface area (Å²) in [5, 5.41) is 9.58. The lowest BCUT2D eigenvalue weighted by atomic mass is 10.0. The van der Waals surface area contributed by atoms with Crippen molar-refractivity contribution in [2.24, 2.45) is 4.99 Å². The Balaban J connectivity index is 2.16. The van der Waals surface area contributed by atoms with Crippen molar-refractivity contribution in [2.75, 3.05) is 13.3 Å². The van der Waals surface area contributed by atoms with Gasteiger partial charge in [0.15, 0.2) is 0 Å². The van der Waals surface area contributed by atoms with E-state index in [1.807, 2.05) is 18.3 Å². The summed E-state index contributed by atoms with van der Waals surface area (Å²) in [7, 11) is -2.13. The monoisotopic (exact) mass is 378 g/mol. The van der Waals surface area contributed by atoms with Crippen molar-refractivity contribution in [3.8, 4) is 0 Å². The minimum absolute atomic E-state index is 0.0954. The number of hydrogen-bond donors (Lipinski definition) is 1. The van der Waals surface area contributed by atoms with Crippen molar-refractivity contribution in [3.63, 3.8) is 0 Å². The predicted octanol–water partition coefficient (Wildman–Crippen LogP) is 2.96. The Morgan fingerprint density at radius 3 is 2.88 bits per heavy atom. The van der Waals surface area contributed by atoms with Crippen molar-refractivity contribution >= 4 is 43.9 Å². The van der Waals surface area contributed by atoms with Crippen LogP contribution in [-0.2, 0) is 23.0 Å². The van der Waals surface area contributed by atoms with Gasteiger partial charge in [-0.25, -0.2) is 8.42 Å². The van der Waals surface area contributed by atoms with E-state index < -0.39 is 10.0 Å². The molecule has 0 unspecified atom stereocenters. The summed E-state index contributed by atoms with van der Waals surface area (Å²) in [6, 6.07) is 6.04. The number of aliphatic imine (C=N–C) groups is 1. The summed E-state index contributed by atoms with van der Waals surface area (Å²) in [6.45, 7) is 0.890. The molecule has 2 aromatic rings. The SMILES string of the molecule is CN(C(=CN=CCl)C(=N)c1cn2c3c(cccc13)CCC2)S(C)(=O)=O. The molecule has 1 aromatic heterocycles. The molecule has 6 nitrogen and oxygen atoms in total. The first-order valence-electron chi connectivity index (χ1n) is 7.80. The Labute approximate surface area is 152 Å². The number of aryl methyl sites for hydroxylation is 2. The number of benzene rings is 1. The van der Waals surface area contributed by atoms with E-state index in [1.54, 1.807) is 0 Å². The van der Waals surface area contributed by atoms with Crippen LogP contribution in [0.4, 0.5) is 0 Å². The molecule has 2 heterocycles. The van der Waals surface area contributed by atoms with Crippen LogP contribution in [0.25, 0.3) is 10.9 Å². The third-order valence-electron chi connectivity index (χ3n) is 4.44. The average molecular weight is 379 g/mol. The zero-order valence-electron chi connectivity index (χ0n) is 14.0. The second kappa shape index (κ2) is 6.65. The second-order valence-electron chi connectivity index (χ2n) is 6.02. The molecular weight excluding hydrogens is 360 g/mol. The fourth-order valence-corrected chi connectivity index (χ4v) is 3.73. The fourth-order valence-electron chi connectivity index (χ4n) is 3.17. The zero-order valence-corrected chi connectivity index (χ0v) is 15.6. The van der Waals surface area contributed by atoms with Gasteiger partial charge in [0.2, 0.25) is 10.0 Å². The highest BCUT2D eigenvalue weighted by molar-refractivity contribution is 7.88. The molecule has 0 amide bonds. The largest absolute Gasteiger partial charge is 0.347 e. The van der Waals surface area contributed by atoms with Crippen LogP contribution >= 0.6 is 11.6 Å². The molecule has 0 bridgehead atoms. The molecule has 132 valence electrons. The van der Waals surface area contributed by atoms with Crippen LogP contribution in [0.5, 0.6) is 0 Å². The van der Waals surface area contributed by atoms with Gasteiger partial charge in [-0.3, -0.25) is 14.7 Å². The van der Waals surface area contributed by atoms with Gasteiger partial charge in [-0.1, -0.05) is 29.8 Å². The molecule has 0 saturated heterocycles. The molecule has 1 N–H and O–H groups in total. The molecular formula is C17H19ClN4O2S. The van der Waals surface area contributed by atoms with Gasteiger partial charge in [0.05, 0.1) is 35.1 Å². The third-order valence-corrected chi connectivity index (χ3v) is 5.75. The number of halogens is 1. The summed E-state index contributed by atoms with van der Waals surface area (Å²) in [4.78, 5) is 3.81. The van der Waals surface area contributed by atoms with Gasteiger partial charge >= 0.3 is 0 Å². The molecule has 0 atom stereocenters. The quantitative estimate of drug-likeness (QED) is 0.812. The lowest BCUT2D eigenvalue weighted by Gasteiger charge is -2.20. The van der Waals surface area contributed by atoms with Gasteiger partial charge in [-0.15, -0.1) is 0 Å². The molecule has 8 heteroatoms. The summed E-state index contributed by atoms with van der Waals surface area (Å²) in [5.41, 5.74) is 4.37. The number of para-hydroxylation sites is 1. The number of sulfonamides is 1. The van der Waals surface area contributed by atoms with Crippen molar-refractivity contribution in [2.45, 2.75) is 19.4 Å². The Hall–Kier alpha value is -2.12. The number of likely N-dealkylation sites (N-methyl/N-ethyl adjacent to an activating group) is 1. The van der Waals surface area contributed by atoms with Crippen LogP contribution in [0.15, 0.2) is 41.3 Å². The Morgan fingerprint density at radius 2 is 2.20 bits per heavy atom. The first-order valence-corrected chi connectivity index (χ1v) is 10.1. The van der Waals surface area contributed by atoms with Crippen molar-refractivity contribution in [3.05, 3.63) is 47.4 Å². The number of rotatable bonds is 5. The lowest BCUT2D eigenvalue weighted by molar-refractivity contribution is 0.538. The van der Waals surface area contributed by atoms with E-state index in [-0.39, 0.29) is 11.4 Å². The second-order valence-corrected chi connectivity index (χ2v) is 8.23. The van der Waals surface area contributed by atoms with E-state index in [9.17, 15) is 8.42 Å². The minimum atomic E-state index is -3.53. The fraction of sp³-hybridized carbons (Fsp3) is 0.294. The van der Waals surface area contributed by atoms with Gasteiger partial charge < -0.3 is 4.57 Å². The minimum Gasteiger partial charge on any atom is -0.347 e. The molecule has 3 rings (SSSR count). The van der Waals surface area contributed by atoms with E-state index in [0.29, 0.717) is 5.56 Å². The maximum Gasteiger partial charge on any atom is 0.232 e. The smallest absolute Gasteiger partial charge is 0.232 e. The Kier molecular flexibility index (Phi) is 4.71. The van der Waals surface area contributed by atoms with Crippen molar-refractivity contribution in [1.29, 1.82) is 5.41 Å². The summed E-state index contributed by atoms with van der Waals surface area (Å²) in [6.07, 6.45) is 6.37. The van der Waals surface area contributed by atoms with Crippen molar-refractivity contribution < 1.29 is 8.42 Å². The van der Waals surface area contributed by atoms with Gasteiger partial charge in [0.1, 0.15) is 0 Å². The summed E-state index contributed by atoms with van der Waals surface area (Å²) >= 11 is 5.49. The van der Waals surface area contributed by atoms with Crippen LogP contribution in [-0.4, -0.2) is 42.0 Å². The predicted molar refractivity (Wildman–Crippen MR) is 102 cm³/mol. The average Bonchev–Trinajstić information content (AvgIpc) is 2.95. The molecule has 0 saturated carbocycles. The van der Waals surface area contributed by atoms with E-state index in [0.717, 1.165) is 46.5 Å². The van der Waals surface area contributed by atoms with Gasteiger partial charge in [0.25, 0.3) is 0 Å². The number of aromatic nitrogens is 1. The van der Waals surface area contributed by atoms with E-state index in [2.05, 4.69) is 15.6 Å². The molecule has 0 aliphatic carbocycles. The van der Waals surface area contributed by atoms with Crippen LogP contribution in [0, 0.1) is 5.41 Å². The van der Waals surface area contributed by atoms with Gasteiger partial charge in [-0.2, -0.15) is 0 Å². The van der Waals surface area contributed by atoms with Gasteiger partial charge in [-0.05, 0) is 18.4 Å². The number of hydrogen-bond acceptors (Lipinski definition) is 4. The maximum atomic E-state index is 12.0. The van der Waals surface area contributed by atoms with E-state index in [4.69, 9.17) is 17.0 Å². The highest BCUT2D eigenvalue weighted by Gasteiger charge is 2.24. The van der Waals surface area contributed by atoms with Crippen LogP contribution in [0.1, 0.15) is 17.5 Å². The van der Waals surface area contributed by atoms with Crippen LogP contribution in [0.3, 0.4) is 0 Å². The molecule has 1 aromatic carbocycles. The number of nitrogens with one attached hydrogen (secondary N) is 1. The van der Waals surface area contributed by atoms with Crippen LogP contribution in [0.2, 0.25) is 0 Å². The van der Waals surface area contributed by atoms with Gasteiger partial charge in [0, 0.05) is 30.7 Å². The molecule has 1 aliphatic rings. The Bertz CT molecular complexity index is 1010. The first-order chi connectivity index (χ1) is 11.8. The molecule has 0 spiro atoms. The highest BCUT2D eigenvalue weighted by Crippen LogP contribution is 2.31. The topological polar surface area (TPSA) is 78.5 Å². The molecule has 0 fully saturated rings. The third kappa shape index (κ3) is 3.21. The van der Waals surface area contributed by atoms with Crippen molar-refractivity contribution in [1.82, 2.24) is 8.87 Å². The van der Waals surface area contributed by atoms with E-state index >= 15 is 0 Å². The zero-order chi connectivity index (χ0) is 18.2. The van der Waals surface area contributed by atoms with E-state index in [1.165, 1.54) is 18.8 Å². The standard InChI is InChI=1S/C17H19ClN4O2S/c1-21(25(2,23)24)15(9-20-11-18)16(19)14-10-22-8-4-6-12-5-3-7-13(14)17(12)22/h3,5,7,9-11,19H,4,6,8H2,1-2H3.